The van der Waals surface area contributed by atoms with Crippen molar-refractivity contribution >= 4 is 19.3 Å². The largest absolute Gasteiger partial charge is 0.635 e. The number of carbonyl (C=O) groups excluding carboxylic acids is 2. The van der Waals surface area contributed by atoms with Crippen molar-refractivity contribution in [2.45, 2.75) is 81.6 Å². The molecule has 3 aliphatic heterocycles. The number of hydrogen-bond acceptors (Lipinski definition) is 8. The smallest absolute Gasteiger partial charge is 0.447 e. The Morgan fingerprint density at radius 3 is 2.46 bits per heavy atom. The minimum atomic E-state index is -2.82. The third kappa shape index (κ3) is 7.21. The van der Waals surface area contributed by atoms with Crippen LogP contribution in [-0.4, -0.2) is 88.1 Å². The molecule has 1 aromatic carbocycles. The fourth-order valence-corrected chi connectivity index (χ4v) is 6.05. The lowest BCUT2D eigenvalue weighted by molar-refractivity contribution is -0.132. The van der Waals surface area contributed by atoms with E-state index in [1.54, 1.807) is 23.6 Å². The number of alkyl carbamates (subject to hydrolysis) is 1. The highest BCUT2D eigenvalue weighted by Crippen LogP contribution is 2.47. The molecule has 0 unspecified atom stereocenters. The lowest BCUT2D eigenvalue weighted by Crippen LogP contribution is -2.51. The van der Waals surface area contributed by atoms with Gasteiger partial charge in [0.1, 0.15) is 30.3 Å². The zero-order valence-electron chi connectivity index (χ0n) is 23.0. The van der Waals surface area contributed by atoms with Crippen LogP contribution in [0.2, 0.25) is 0 Å². The molecular formula is C27H34BF3N4O6. The summed E-state index contributed by atoms with van der Waals surface area (Å²) in [5, 5.41) is 30.8. The van der Waals surface area contributed by atoms with Crippen LogP contribution in [0.15, 0.2) is 35.9 Å². The first-order chi connectivity index (χ1) is 19.2. The van der Waals surface area contributed by atoms with E-state index >= 15 is 0 Å². The third-order valence-corrected chi connectivity index (χ3v) is 8.19. The molecule has 1 aromatic rings. The Hall–Kier alpha value is -3.12. The maximum Gasteiger partial charge on any atom is 0.635 e. The maximum atomic E-state index is 13.8. The number of ether oxygens (including phenoxy) is 1. The highest BCUT2D eigenvalue weighted by atomic mass is 19.3. The van der Waals surface area contributed by atoms with Crippen LogP contribution in [0.25, 0.3) is 0 Å². The molecule has 0 radical (unpaired) electrons. The first-order valence-corrected chi connectivity index (χ1v) is 13.5. The predicted molar refractivity (Wildman–Crippen MR) is 140 cm³/mol. The summed E-state index contributed by atoms with van der Waals surface area (Å²) in [5.41, 5.74) is -1.40. The summed E-state index contributed by atoms with van der Waals surface area (Å²) in [6, 6.07) is 7.15. The van der Waals surface area contributed by atoms with Crippen molar-refractivity contribution < 1.29 is 42.2 Å². The Kier molecular flexibility index (Phi) is 9.03. The molecule has 3 aliphatic rings. The number of fused-ring (bicyclic) bond motifs is 2. The van der Waals surface area contributed by atoms with E-state index < -0.39 is 54.9 Å². The van der Waals surface area contributed by atoms with E-state index in [2.05, 4.69) is 5.32 Å². The molecule has 0 saturated carbocycles. The second-order valence-electron chi connectivity index (χ2n) is 11.5. The van der Waals surface area contributed by atoms with Crippen LogP contribution in [0.4, 0.5) is 18.0 Å². The van der Waals surface area contributed by atoms with Gasteiger partial charge in [-0.25, -0.2) is 18.0 Å². The maximum absolute atomic E-state index is 13.8. The molecule has 3 N–H and O–H groups in total. The molecule has 3 fully saturated rings. The molecule has 4 rings (SSSR count). The normalized spacial score (nSPS) is 24.7. The fraction of sp³-hybridized carbons (Fsp3) is 0.593. The van der Waals surface area contributed by atoms with Gasteiger partial charge in [-0.2, -0.15) is 5.26 Å². The van der Waals surface area contributed by atoms with Crippen molar-refractivity contribution in [2.75, 3.05) is 19.7 Å². The van der Waals surface area contributed by atoms with Gasteiger partial charge in [0, 0.05) is 31.0 Å². The number of likely N-dealkylation sites (tertiary alicyclic amines) is 1. The minimum Gasteiger partial charge on any atom is -0.447 e. The zero-order valence-corrected chi connectivity index (χ0v) is 23.0. The fourth-order valence-electron chi connectivity index (χ4n) is 6.05. The topological polar surface area (TPSA) is 135 Å². The SMILES string of the molecule is CC(C)(C=C(C#N)C(=O)N1C2CCC1(COC(=O)N[C@@H](Cc1ccc(F)cc1)OB(O)O)CC2)N1CCC(F)(F)C1. The highest BCUT2D eigenvalue weighted by molar-refractivity contribution is 6.32. The number of nitriles is 1. The van der Waals surface area contributed by atoms with E-state index in [1.807, 2.05) is 6.07 Å². The quantitative estimate of drug-likeness (QED) is 0.167. The van der Waals surface area contributed by atoms with E-state index in [0.29, 0.717) is 31.2 Å². The number of halogens is 3. The summed E-state index contributed by atoms with van der Waals surface area (Å²) >= 11 is 0. The van der Waals surface area contributed by atoms with Crippen molar-refractivity contribution in [2.24, 2.45) is 0 Å². The van der Waals surface area contributed by atoms with Gasteiger partial charge in [0.2, 0.25) is 0 Å². The summed E-state index contributed by atoms with van der Waals surface area (Å²) in [6.45, 7) is 2.89. The Morgan fingerprint density at radius 1 is 1.24 bits per heavy atom. The second kappa shape index (κ2) is 12.0. The van der Waals surface area contributed by atoms with Crippen LogP contribution in [0.1, 0.15) is 51.5 Å². The molecule has 41 heavy (non-hydrogen) atoms. The lowest BCUT2D eigenvalue weighted by Gasteiger charge is -2.36. The number of hydrogen-bond donors (Lipinski definition) is 3. The van der Waals surface area contributed by atoms with Crippen molar-refractivity contribution in [3.05, 3.63) is 47.3 Å². The predicted octanol–water partition coefficient (Wildman–Crippen LogP) is 2.50. The Labute approximate surface area is 236 Å². The van der Waals surface area contributed by atoms with Gasteiger partial charge in [0.25, 0.3) is 11.8 Å². The number of carbonyl (C=O) groups is 2. The van der Waals surface area contributed by atoms with Gasteiger partial charge in [-0.3, -0.25) is 15.0 Å². The average Bonchev–Trinajstić information content (AvgIpc) is 3.57. The van der Waals surface area contributed by atoms with Crippen LogP contribution in [0, 0.1) is 17.1 Å². The number of nitrogens with one attached hydrogen (secondary N) is 1. The van der Waals surface area contributed by atoms with E-state index in [0.717, 1.165) is 0 Å². The van der Waals surface area contributed by atoms with E-state index in [9.17, 15) is 38.1 Å². The van der Waals surface area contributed by atoms with Gasteiger partial charge in [-0.05, 0) is 63.3 Å². The van der Waals surface area contributed by atoms with Crippen LogP contribution in [-0.2, 0) is 20.6 Å². The van der Waals surface area contributed by atoms with E-state index in [-0.39, 0.29) is 37.6 Å². The molecule has 2 amide bonds. The summed E-state index contributed by atoms with van der Waals surface area (Å²) in [6.07, 6.45) is 1.40. The summed E-state index contributed by atoms with van der Waals surface area (Å²) in [7, 11) is -2.19. The Balaban J connectivity index is 1.42. The molecule has 222 valence electrons. The summed E-state index contributed by atoms with van der Waals surface area (Å²) in [5.74, 6) is -3.81. The van der Waals surface area contributed by atoms with Gasteiger partial charge in [0.15, 0.2) is 0 Å². The van der Waals surface area contributed by atoms with Crippen molar-refractivity contribution in [1.82, 2.24) is 15.1 Å². The van der Waals surface area contributed by atoms with Crippen LogP contribution >= 0.6 is 0 Å². The van der Waals surface area contributed by atoms with Crippen LogP contribution in [0.3, 0.4) is 0 Å². The van der Waals surface area contributed by atoms with Gasteiger partial charge in [0.05, 0.1) is 12.1 Å². The number of nitrogens with zero attached hydrogens (tertiary/aromatic N) is 3. The molecule has 2 bridgehead atoms. The monoisotopic (exact) mass is 578 g/mol. The van der Waals surface area contributed by atoms with E-state index in [4.69, 9.17) is 9.39 Å². The average molecular weight is 578 g/mol. The van der Waals surface area contributed by atoms with Crippen molar-refractivity contribution in [3.8, 4) is 6.07 Å². The summed E-state index contributed by atoms with van der Waals surface area (Å²) < 4.78 is 51.3. The van der Waals surface area contributed by atoms with Gasteiger partial charge >= 0.3 is 13.4 Å². The molecule has 3 heterocycles. The summed E-state index contributed by atoms with van der Waals surface area (Å²) in [4.78, 5) is 29.5. The highest BCUT2D eigenvalue weighted by Gasteiger charge is 2.55. The molecule has 0 aromatic heterocycles. The molecule has 10 nitrogen and oxygen atoms in total. The van der Waals surface area contributed by atoms with E-state index in [1.165, 1.54) is 30.3 Å². The van der Waals surface area contributed by atoms with Crippen molar-refractivity contribution in [3.63, 3.8) is 0 Å². The zero-order chi connectivity index (χ0) is 30.0. The minimum absolute atomic E-state index is 0.0140. The van der Waals surface area contributed by atoms with Crippen LogP contribution in [0.5, 0.6) is 0 Å². The Morgan fingerprint density at radius 2 is 1.90 bits per heavy atom. The molecule has 14 heteroatoms. The Bertz CT molecular complexity index is 1200. The first-order valence-electron chi connectivity index (χ1n) is 13.5. The van der Waals surface area contributed by atoms with Gasteiger partial charge < -0.3 is 24.3 Å². The van der Waals surface area contributed by atoms with Gasteiger partial charge in [-0.15, -0.1) is 0 Å². The number of amides is 2. The van der Waals surface area contributed by atoms with Crippen molar-refractivity contribution in [1.29, 1.82) is 5.26 Å². The van der Waals surface area contributed by atoms with Crippen LogP contribution < -0.4 is 5.32 Å². The second-order valence-corrected chi connectivity index (χ2v) is 11.5. The molecule has 3 saturated heterocycles. The number of rotatable bonds is 10. The van der Waals surface area contributed by atoms with Gasteiger partial charge in [-0.1, -0.05) is 12.1 Å². The molecule has 1 atom stereocenters. The lowest BCUT2D eigenvalue weighted by atomic mass is 9.88. The number of alkyl halides is 2. The molecule has 0 spiro atoms. The first kappa shape index (κ1) is 30.8. The third-order valence-electron chi connectivity index (χ3n) is 8.19. The number of benzene rings is 1. The molecule has 0 aliphatic carbocycles. The standard InChI is InChI=1S/C27H34BF3N4O6/c1-25(2,34-12-11-27(30,31)16-34)14-19(15-32)23(36)35-21-7-9-26(35,10-8-21)17-40-24(37)33-22(41-28(38)39)13-18-3-5-20(29)6-4-18/h3-6,14,21-22,38-39H,7-13,16-17H2,1-2H3,(H,33,37)/t21?,22-,26?/m1/s1. The molecular weight excluding hydrogens is 544 g/mol.